The van der Waals surface area contributed by atoms with Crippen molar-refractivity contribution in [3.63, 3.8) is 0 Å². The Labute approximate surface area is 190 Å². The number of rotatable bonds is 5. The van der Waals surface area contributed by atoms with Gasteiger partial charge in [-0.1, -0.05) is 29.0 Å². The molecule has 1 fully saturated rings. The molecule has 0 bridgehead atoms. The maximum Gasteiger partial charge on any atom is 0.184 e. The van der Waals surface area contributed by atoms with Gasteiger partial charge in [0.1, 0.15) is 5.82 Å². The second-order valence-corrected chi connectivity index (χ2v) is 10.1. The molecule has 5 rings (SSSR count). The van der Waals surface area contributed by atoms with E-state index in [1.807, 2.05) is 24.4 Å². The van der Waals surface area contributed by atoms with Crippen molar-refractivity contribution in [2.75, 3.05) is 5.32 Å². The summed E-state index contributed by atoms with van der Waals surface area (Å²) in [7, 11) is 0. The van der Waals surface area contributed by atoms with Crippen LogP contribution in [0.5, 0.6) is 0 Å². The molecule has 2 heterocycles. The zero-order chi connectivity index (χ0) is 21.4. The molecule has 0 unspecified atom stereocenters. The third-order valence-electron chi connectivity index (χ3n) is 6.45. The maximum atomic E-state index is 13.8. The molecule has 0 saturated heterocycles. The quantitative estimate of drug-likeness (QED) is 0.335. The van der Waals surface area contributed by atoms with Crippen LogP contribution in [-0.4, -0.2) is 16.0 Å². The Kier molecular flexibility index (Phi) is 5.81. The molecule has 1 aliphatic rings. The molecule has 1 aliphatic carbocycles. The standard InChI is InChI=1S/C25H25ClFN3S/c1-15(29-25-30-23-4-2-3-21(26)24(23)31-25)13-16-5-7-17(8-6-16)19-11-12-28-22-10-9-18(27)14-20(19)22/h2-4,9-12,14-17H,5-8,13H2,1H3,(H,29,30)/t15-,16?,17?/m1/s1. The highest BCUT2D eigenvalue weighted by atomic mass is 35.5. The van der Waals surface area contributed by atoms with Crippen LogP contribution in [0.4, 0.5) is 9.52 Å². The van der Waals surface area contributed by atoms with Crippen molar-refractivity contribution in [1.82, 2.24) is 9.97 Å². The lowest BCUT2D eigenvalue weighted by Gasteiger charge is -2.31. The van der Waals surface area contributed by atoms with Crippen molar-refractivity contribution < 1.29 is 4.39 Å². The lowest BCUT2D eigenvalue weighted by atomic mass is 9.76. The smallest absolute Gasteiger partial charge is 0.184 e. The molecule has 1 atom stereocenters. The van der Waals surface area contributed by atoms with Gasteiger partial charge in [0.25, 0.3) is 0 Å². The third kappa shape index (κ3) is 4.39. The molecular weight excluding hydrogens is 429 g/mol. The van der Waals surface area contributed by atoms with Gasteiger partial charge in [-0.15, -0.1) is 0 Å². The summed E-state index contributed by atoms with van der Waals surface area (Å²) in [6.45, 7) is 2.24. The van der Waals surface area contributed by atoms with Crippen LogP contribution in [0.1, 0.15) is 50.5 Å². The van der Waals surface area contributed by atoms with Crippen LogP contribution < -0.4 is 5.32 Å². The molecular formula is C25H25ClFN3S. The molecule has 0 aliphatic heterocycles. The van der Waals surface area contributed by atoms with Gasteiger partial charge in [-0.25, -0.2) is 9.37 Å². The van der Waals surface area contributed by atoms with Crippen molar-refractivity contribution in [3.8, 4) is 0 Å². The SMILES string of the molecule is C[C@H](CC1CCC(c2ccnc3ccc(F)cc23)CC1)Nc1nc2cccc(Cl)c2s1. The fourth-order valence-corrected chi connectivity index (χ4v) is 6.22. The number of aromatic nitrogens is 2. The Hall–Kier alpha value is -2.24. The van der Waals surface area contributed by atoms with Crippen LogP contribution >= 0.6 is 22.9 Å². The molecule has 0 spiro atoms. The minimum absolute atomic E-state index is 0.188. The van der Waals surface area contributed by atoms with Gasteiger partial charge in [0, 0.05) is 17.6 Å². The molecule has 1 saturated carbocycles. The summed E-state index contributed by atoms with van der Waals surface area (Å²) in [5.41, 5.74) is 3.09. The fraction of sp³-hybridized carbons (Fsp3) is 0.360. The lowest BCUT2D eigenvalue weighted by molar-refractivity contribution is 0.302. The Bertz CT molecular complexity index is 1220. The van der Waals surface area contributed by atoms with Crippen LogP contribution in [-0.2, 0) is 0 Å². The molecule has 2 aromatic carbocycles. The summed E-state index contributed by atoms with van der Waals surface area (Å²) in [5, 5.41) is 6.25. The molecule has 31 heavy (non-hydrogen) atoms. The van der Waals surface area contributed by atoms with Crippen molar-refractivity contribution in [2.24, 2.45) is 5.92 Å². The van der Waals surface area contributed by atoms with Crippen molar-refractivity contribution in [3.05, 3.63) is 65.1 Å². The van der Waals surface area contributed by atoms with Crippen LogP contribution in [0, 0.1) is 11.7 Å². The number of nitrogens with zero attached hydrogens (tertiary/aromatic N) is 2. The second-order valence-electron chi connectivity index (χ2n) is 8.67. The zero-order valence-corrected chi connectivity index (χ0v) is 19.0. The number of nitrogens with one attached hydrogen (secondary N) is 1. The molecule has 3 nitrogen and oxygen atoms in total. The Balaban J connectivity index is 1.21. The summed E-state index contributed by atoms with van der Waals surface area (Å²) in [5.74, 6) is 0.992. The van der Waals surface area contributed by atoms with Crippen molar-refractivity contribution >= 4 is 49.2 Å². The minimum Gasteiger partial charge on any atom is -0.359 e. The monoisotopic (exact) mass is 453 g/mol. The van der Waals surface area contributed by atoms with Gasteiger partial charge in [-0.2, -0.15) is 0 Å². The highest BCUT2D eigenvalue weighted by Gasteiger charge is 2.25. The molecule has 2 aromatic heterocycles. The average molecular weight is 454 g/mol. The largest absolute Gasteiger partial charge is 0.359 e. The summed E-state index contributed by atoms with van der Waals surface area (Å²) in [6, 6.07) is 13.2. The summed E-state index contributed by atoms with van der Waals surface area (Å²) < 4.78 is 14.9. The van der Waals surface area contributed by atoms with E-state index in [0.29, 0.717) is 17.9 Å². The van der Waals surface area contributed by atoms with Gasteiger partial charge in [0.15, 0.2) is 5.13 Å². The number of benzene rings is 2. The number of fused-ring (bicyclic) bond motifs is 2. The van der Waals surface area contributed by atoms with Crippen molar-refractivity contribution in [1.29, 1.82) is 0 Å². The van der Waals surface area contributed by atoms with E-state index in [1.54, 1.807) is 23.5 Å². The number of hydrogen-bond donors (Lipinski definition) is 1. The van der Waals surface area contributed by atoms with E-state index in [4.69, 9.17) is 11.6 Å². The first-order valence-corrected chi connectivity index (χ1v) is 12.1. The predicted molar refractivity (Wildman–Crippen MR) is 129 cm³/mol. The number of thiazole rings is 1. The summed E-state index contributed by atoms with van der Waals surface area (Å²) in [4.78, 5) is 9.09. The van der Waals surface area contributed by atoms with Gasteiger partial charge in [0.05, 0.1) is 20.8 Å². The summed E-state index contributed by atoms with van der Waals surface area (Å²) in [6.07, 6.45) is 7.66. The lowest BCUT2D eigenvalue weighted by Crippen LogP contribution is -2.22. The molecule has 4 aromatic rings. The van der Waals surface area contributed by atoms with Gasteiger partial charge in [-0.3, -0.25) is 4.98 Å². The van der Waals surface area contributed by atoms with Crippen LogP contribution in [0.2, 0.25) is 5.02 Å². The number of halogens is 2. The third-order valence-corrected chi connectivity index (χ3v) is 7.91. The van der Waals surface area contributed by atoms with E-state index < -0.39 is 0 Å². The van der Waals surface area contributed by atoms with Gasteiger partial charge in [-0.05, 0) is 92.8 Å². The zero-order valence-electron chi connectivity index (χ0n) is 17.4. The Morgan fingerprint density at radius 2 is 1.97 bits per heavy atom. The topological polar surface area (TPSA) is 37.8 Å². The first kappa shape index (κ1) is 20.7. The predicted octanol–water partition coefficient (Wildman–Crippen LogP) is 7.80. The van der Waals surface area contributed by atoms with Gasteiger partial charge >= 0.3 is 0 Å². The van der Waals surface area contributed by atoms with E-state index in [2.05, 4.69) is 28.3 Å². The van der Waals surface area contributed by atoms with E-state index in [1.165, 1.54) is 24.5 Å². The number of hydrogen-bond acceptors (Lipinski definition) is 4. The first-order chi connectivity index (χ1) is 15.1. The number of anilines is 1. The van der Waals surface area contributed by atoms with E-state index >= 15 is 0 Å². The van der Waals surface area contributed by atoms with Gasteiger partial charge < -0.3 is 5.32 Å². The molecule has 0 radical (unpaired) electrons. The maximum absolute atomic E-state index is 13.8. The molecule has 6 heteroatoms. The van der Waals surface area contributed by atoms with Gasteiger partial charge in [0.2, 0.25) is 0 Å². The Morgan fingerprint density at radius 3 is 2.77 bits per heavy atom. The minimum atomic E-state index is -0.188. The Morgan fingerprint density at radius 1 is 1.13 bits per heavy atom. The van der Waals surface area contributed by atoms with Crippen molar-refractivity contribution in [2.45, 2.75) is 51.0 Å². The van der Waals surface area contributed by atoms with E-state index in [9.17, 15) is 4.39 Å². The summed E-state index contributed by atoms with van der Waals surface area (Å²) >= 11 is 7.91. The highest BCUT2D eigenvalue weighted by Crippen LogP contribution is 2.40. The fourth-order valence-electron chi connectivity index (χ4n) is 4.95. The van der Waals surface area contributed by atoms with Crippen LogP contribution in [0.3, 0.4) is 0 Å². The normalized spacial score (nSPS) is 20.2. The van der Waals surface area contributed by atoms with E-state index in [-0.39, 0.29) is 5.82 Å². The molecule has 160 valence electrons. The highest BCUT2D eigenvalue weighted by molar-refractivity contribution is 7.22. The second kappa shape index (κ2) is 8.71. The number of pyridine rings is 1. The average Bonchev–Trinajstić information content (AvgIpc) is 3.17. The molecule has 0 amide bonds. The first-order valence-electron chi connectivity index (χ1n) is 10.9. The van der Waals surface area contributed by atoms with E-state index in [0.717, 1.165) is 50.5 Å². The van der Waals surface area contributed by atoms with Crippen LogP contribution in [0.25, 0.3) is 21.1 Å². The molecule has 1 N–H and O–H groups in total. The van der Waals surface area contributed by atoms with Crippen LogP contribution in [0.15, 0.2) is 48.7 Å².